The third-order valence-electron chi connectivity index (χ3n) is 3.86. The van der Waals surface area contributed by atoms with Crippen LogP contribution in [0.4, 0.5) is 11.9 Å². The van der Waals surface area contributed by atoms with Gasteiger partial charge in [0.25, 0.3) is 0 Å². The summed E-state index contributed by atoms with van der Waals surface area (Å²) in [4.78, 5) is 14.5. The van der Waals surface area contributed by atoms with Crippen molar-refractivity contribution in [2.75, 3.05) is 17.2 Å². The molecule has 2 heterocycles. The molecule has 5 nitrogen and oxygen atoms in total. The van der Waals surface area contributed by atoms with E-state index in [4.69, 9.17) is 17.3 Å². The molecule has 6 heteroatoms. The van der Waals surface area contributed by atoms with Crippen LogP contribution in [0.25, 0.3) is 0 Å². The Kier molecular flexibility index (Phi) is 2.78. The van der Waals surface area contributed by atoms with Gasteiger partial charge in [-0.15, -0.1) is 0 Å². The number of halogens is 1. The van der Waals surface area contributed by atoms with E-state index in [1.54, 1.807) is 0 Å². The van der Waals surface area contributed by atoms with Gasteiger partial charge in [-0.25, -0.2) is 0 Å². The molecule has 1 aliphatic heterocycles. The van der Waals surface area contributed by atoms with E-state index in [-0.39, 0.29) is 11.2 Å². The Morgan fingerprint density at radius 2 is 1.94 bits per heavy atom. The van der Waals surface area contributed by atoms with Gasteiger partial charge in [-0.2, -0.15) is 15.0 Å². The smallest absolute Gasteiger partial charge is 0.231 e. The van der Waals surface area contributed by atoms with E-state index in [1.807, 2.05) is 0 Å². The van der Waals surface area contributed by atoms with Gasteiger partial charge in [0.15, 0.2) is 0 Å². The maximum atomic E-state index is 5.84. The van der Waals surface area contributed by atoms with E-state index >= 15 is 0 Å². The number of anilines is 2. The van der Waals surface area contributed by atoms with Crippen LogP contribution in [-0.4, -0.2) is 27.5 Å². The van der Waals surface area contributed by atoms with Gasteiger partial charge >= 0.3 is 0 Å². The molecule has 0 bridgehead atoms. The SMILES string of the molecule is Nc1nc(Cl)nc(N2CCCC3CCCC32)n1. The fourth-order valence-electron chi connectivity index (χ4n) is 3.19. The number of aromatic nitrogens is 3. The summed E-state index contributed by atoms with van der Waals surface area (Å²) in [5, 5.41) is 0.188. The lowest BCUT2D eigenvalue weighted by atomic mass is 9.92. The highest BCUT2D eigenvalue weighted by molar-refractivity contribution is 6.28. The molecule has 0 spiro atoms. The summed E-state index contributed by atoms with van der Waals surface area (Å²) in [5.41, 5.74) is 5.63. The molecule has 1 aliphatic carbocycles. The minimum Gasteiger partial charge on any atom is -0.368 e. The number of hydrogen-bond acceptors (Lipinski definition) is 5. The summed E-state index contributed by atoms with van der Waals surface area (Å²) in [6, 6.07) is 0.571. The van der Waals surface area contributed by atoms with Crippen LogP contribution < -0.4 is 10.6 Å². The number of rotatable bonds is 1. The van der Waals surface area contributed by atoms with Gasteiger partial charge in [-0.05, 0) is 43.2 Å². The third kappa shape index (κ3) is 2.04. The Morgan fingerprint density at radius 3 is 2.76 bits per heavy atom. The van der Waals surface area contributed by atoms with E-state index in [1.165, 1.54) is 32.1 Å². The molecule has 2 fully saturated rings. The summed E-state index contributed by atoms with van der Waals surface area (Å²) < 4.78 is 0. The molecule has 3 rings (SSSR count). The first kappa shape index (κ1) is 11.0. The predicted octanol–water partition coefficient (Wildman–Crippen LogP) is 1.88. The average Bonchev–Trinajstić information content (AvgIpc) is 2.75. The second kappa shape index (κ2) is 4.29. The van der Waals surface area contributed by atoms with E-state index in [0.29, 0.717) is 12.0 Å². The molecular weight excluding hydrogens is 238 g/mol. The standard InChI is InChI=1S/C11H16ClN5/c12-9-14-10(13)16-11(15-9)17-6-2-4-7-3-1-5-8(7)17/h7-8H,1-6H2,(H2,13,14,15,16). The van der Waals surface area contributed by atoms with Crippen molar-refractivity contribution in [3.8, 4) is 0 Å². The predicted molar refractivity (Wildman–Crippen MR) is 67.0 cm³/mol. The van der Waals surface area contributed by atoms with Crippen LogP contribution in [0.5, 0.6) is 0 Å². The minimum absolute atomic E-state index is 0.188. The van der Waals surface area contributed by atoms with Crippen LogP contribution in [0.1, 0.15) is 32.1 Å². The molecular formula is C11H16ClN5. The van der Waals surface area contributed by atoms with Crippen molar-refractivity contribution in [2.45, 2.75) is 38.1 Å². The monoisotopic (exact) mass is 253 g/mol. The molecule has 2 unspecified atom stereocenters. The van der Waals surface area contributed by atoms with Crippen LogP contribution in [-0.2, 0) is 0 Å². The van der Waals surface area contributed by atoms with Crippen LogP contribution in [0.15, 0.2) is 0 Å². The first-order valence-corrected chi connectivity index (χ1v) is 6.55. The molecule has 1 aromatic heterocycles. The molecule has 2 atom stereocenters. The van der Waals surface area contributed by atoms with Gasteiger partial charge in [-0.3, -0.25) is 0 Å². The van der Waals surface area contributed by atoms with Crippen molar-refractivity contribution in [2.24, 2.45) is 5.92 Å². The Morgan fingerprint density at radius 1 is 1.12 bits per heavy atom. The number of nitrogens with zero attached hydrogens (tertiary/aromatic N) is 4. The molecule has 1 saturated heterocycles. The molecule has 17 heavy (non-hydrogen) atoms. The van der Waals surface area contributed by atoms with E-state index in [9.17, 15) is 0 Å². The van der Waals surface area contributed by atoms with Crippen molar-refractivity contribution in [3.05, 3.63) is 5.28 Å². The van der Waals surface area contributed by atoms with Gasteiger partial charge in [0.05, 0.1) is 0 Å². The molecule has 0 amide bonds. The fraction of sp³-hybridized carbons (Fsp3) is 0.727. The van der Waals surface area contributed by atoms with Crippen molar-refractivity contribution in [1.82, 2.24) is 15.0 Å². The van der Waals surface area contributed by atoms with Gasteiger partial charge < -0.3 is 10.6 Å². The second-order valence-corrected chi connectivity index (χ2v) is 5.19. The molecule has 1 saturated carbocycles. The zero-order valence-corrected chi connectivity index (χ0v) is 10.4. The Balaban J connectivity index is 1.91. The van der Waals surface area contributed by atoms with Crippen LogP contribution in [0.2, 0.25) is 5.28 Å². The number of nitrogen functional groups attached to an aromatic ring is 1. The largest absolute Gasteiger partial charge is 0.368 e. The maximum Gasteiger partial charge on any atom is 0.231 e. The van der Waals surface area contributed by atoms with Gasteiger partial charge in [0.1, 0.15) is 0 Å². The first-order valence-electron chi connectivity index (χ1n) is 6.18. The highest BCUT2D eigenvalue weighted by Gasteiger charge is 2.36. The second-order valence-electron chi connectivity index (χ2n) is 4.86. The molecule has 2 N–H and O–H groups in total. The van der Waals surface area contributed by atoms with Crippen molar-refractivity contribution >= 4 is 23.5 Å². The normalized spacial score (nSPS) is 28.2. The third-order valence-corrected chi connectivity index (χ3v) is 4.03. The Hall–Kier alpha value is -1.10. The lowest BCUT2D eigenvalue weighted by molar-refractivity contribution is 0.358. The van der Waals surface area contributed by atoms with Gasteiger partial charge in [0, 0.05) is 12.6 Å². The van der Waals surface area contributed by atoms with Crippen molar-refractivity contribution in [1.29, 1.82) is 0 Å². The molecule has 92 valence electrons. The summed E-state index contributed by atoms with van der Waals surface area (Å²) >= 11 is 5.84. The molecule has 2 aliphatic rings. The lowest BCUT2D eigenvalue weighted by Crippen LogP contribution is -2.43. The Labute approximate surface area is 105 Å². The molecule has 1 aromatic rings. The van der Waals surface area contributed by atoms with Crippen LogP contribution >= 0.6 is 11.6 Å². The topological polar surface area (TPSA) is 67.9 Å². The zero-order valence-electron chi connectivity index (χ0n) is 9.64. The molecule has 0 radical (unpaired) electrons. The van der Waals surface area contributed by atoms with E-state index in [2.05, 4.69) is 19.9 Å². The van der Waals surface area contributed by atoms with E-state index in [0.717, 1.165) is 12.5 Å². The summed E-state index contributed by atoms with van der Waals surface area (Å²) in [5.74, 6) is 1.65. The minimum atomic E-state index is 0.188. The highest BCUT2D eigenvalue weighted by Crippen LogP contribution is 2.38. The quantitative estimate of drug-likeness (QED) is 0.828. The average molecular weight is 254 g/mol. The van der Waals surface area contributed by atoms with E-state index < -0.39 is 0 Å². The fourth-order valence-corrected chi connectivity index (χ4v) is 3.35. The van der Waals surface area contributed by atoms with Crippen LogP contribution in [0, 0.1) is 5.92 Å². The van der Waals surface area contributed by atoms with Crippen molar-refractivity contribution < 1.29 is 0 Å². The summed E-state index contributed by atoms with van der Waals surface area (Å²) in [6.45, 7) is 1.00. The van der Waals surface area contributed by atoms with Gasteiger partial charge in [-0.1, -0.05) is 6.42 Å². The van der Waals surface area contributed by atoms with Crippen molar-refractivity contribution in [3.63, 3.8) is 0 Å². The number of nitrogens with two attached hydrogens (primary N) is 1. The first-order chi connectivity index (χ1) is 8.24. The highest BCUT2D eigenvalue weighted by atomic mass is 35.5. The number of fused-ring (bicyclic) bond motifs is 1. The van der Waals surface area contributed by atoms with Crippen LogP contribution in [0.3, 0.4) is 0 Å². The van der Waals surface area contributed by atoms with Gasteiger partial charge in [0.2, 0.25) is 17.2 Å². The molecule has 0 aromatic carbocycles. The maximum absolute atomic E-state index is 5.84. The lowest BCUT2D eigenvalue weighted by Gasteiger charge is -2.37. The summed E-state index contributed by atoms with van der Waals surface area (Å²) in [7, 11) is 0. The number of hydrogen-bond donors (Lipinski definition) is 1. The zero-order chi connectivity index (χ0) is 11.8. The summed E-state index contributed by atoms with van der Waals surface area (Å²) in [6.07, 6.45) is 6.39. The Bertz CT molecular complexity index is 404. The number of piperidine rings is 1.